The van der Waals surface area contributed by atoms with Crippen molar-refractivity contribution in [3.8, 4) is 5.75 Å². The SMILES string of the molecule is COc1cccc(C2NC(=O)c3oc4cc(C)cc(C)c4c(=O)c32)c1. The number of carbonyl (C=O) groups is 1. The van der Waals surface area contributed by atoms with Gasteiger partial charge in [0.25, 0.3) is 5.91 Å². The van der Waals surface area contributed by atoms with E-state index in [1.54, 1.807) is 13.2 Å². The minimum atomic E-state index is -0.543. The third kappa shape index (κ3) is 2.31. The average Bonchev–Trinajstić information content (AvgIpc) is 2.91. The lowest BCUT2D eigenvalue weighted by Crippen LogP contribution is -2.22. The minimum absolute atomic E-state index is 0.0929. The van der Waals surface area contributed by atoms with Crippen LogP contribution in [0.5, 0.6) is 5.75 Å². The highest BCUT2D eigenvalue weighted by Gasteiger charge is 2.36. The summed E-state index contributed by atoms with van der Waals surface area (Å²) in [6, 6.07) is 10.5. The van der Waals surface area contributed by atoms with E-state index in [2.05, 4.69) is 5.32 Å². The molecule has 1 amide bonds. The summed E-state index contributed by atoms with van der Waals surface area (Å²) in [5, 5.41) is 3.37. The molecule has 126 valence electrons. The summed E-state index contributed by atoms with van der Waals surface area (Å²) in [6.07, 6.45) is 0. The van der Waals surface area contributed by atoms with Gasteiger partial charge in [0.2, 0.25) is 5.76 Å². The molecular weight excluding hydrogens is 318 g/mol. The predicted octanol–water partition coefficient (Wildman–Crippen LogP) is 3.25. The number of carbonyl (C=O) groups excluding carboxylic acids is 1. The van der Waals surface area contributed by atoms with Crippen molar-refractivity contribution in [3.05, 3.63) is 74.6 Å². The van der Waals surface area contributed by atoms with Crippen molar-refractivity contribution in [2.24, 2.45) is 0 Å². The van der Waals surface area contributed by atoms with E-state index < -0.39 is 6.04 Å². The minimum Gasteiger partial charge on any atom is -0.497 e. The molecule has 0 aliphatic carbocycles. The Morgan fingerprint density at radius 1 is 1.12 bits per heavy atom. The molecule has 4 rings (SSSR count). The molecule has 0 saturated heterocycles. The number of nitrogens with one attached hydrogen (secondary N) is 1. The highest BCUT2D eigenvalue weighted by Crippen LogP contribution is 2.33. The van der Waals surface area contributed by atoms with E-state index in [4.69, 9.17) is 9.15 Å². The topological polar surface area (TPSA) is 68.5 Å². The van der Waals surface area contributed by atoms with Crippen LogP contribution < -0.4 is 15.5 Å². The van der Waals surface area contributed by atoms with Crippen LogP contribution in [-0.4, -0.2) is 13.0 Å². The third-order valence-electron chi connectivity index (χ3n) is 4.57. The molecule has 1 aliphatic heterocycles. The Morgan fingerprint density at radius 3 is 2.68 bits per heavy atom. The van der Waals surface area contributed by atoms with E-state index in [0.29, 0.717) is 22.3 Å². The number of ether oxygens (including phenoxy) is 1. The number of amides is 1. The van der Waals surface area contributed by atoms with Gasteiger partial charge in [-0.2, -0.15) is 0 Å². The van der Waals surface area contributed by atoms with Gasteiger partial charge in [-0.05, 0) is 48.7 Å². The molecule has 0 spiro atoms. The molecule has 25 heavy (non-hydrogen) atoms. The number of hydrogen-bond donors (Lipinski definition) is 1. The molecule has 1 atom stereocenters. The van der Waals surface area contributed by atoms with Crippen molar-refractivity contribution in [1.29, 1.82) is 0 Å². The smallest absolute Gasteiger partial charge is 0.288 e. The predicted molar refractivity (Wildman–Crippen MR) is 94.3 cm³/mol. The number of hydrogen-bond acceptors (Lipinski definition) is 4. The van der Waals surface area contributed by atoms with Gasteiger partial charge in [-0.1, -0.05) is 18.2 Å². The molecule has 0 saturated carbocycles. The largest absolute Gasteiger partial charge is 0.497 e. The molecule has 5 heteroatoms. The van der Waals surface area contributed by atoms with Crippen LogP contribution in [-0.2, 0) is 0 Å². The van der Waals surface area contributed by atoms with Gasteiger partial charge >= 0.3 is 0 Å². The molecule has 2 aromatic carbocycles. The second-order valence-corrected chi connectivity index (χ2v) is 6.31. The Morgan fingerprint density at radius 2 is 1.92 bits per heavy atom. The van der Waals surface area contributed by atoms with Crippen molar-refractivity contribution in [2.45, 2.75) is 19.9 Å². The van der Waals surface area contributed by atoms with Gasteiger partial charge in [-0.3, -0.25) is 9.59 Å². The maximum atomic E-state index is 13.2. The summed E-state index contributed by atoms with van der Waals surface area (Å²) in [4.78, 5) is 25.5. The second kappa shape index (κ2) is 5.48. The number of methoxy groups -OCH3 is 1. The molecular formula is C20H17NO4. The molecule has 1 unspecified atom stereocenters. The molecule has 0 fully saturated rings. The zero-order valence-corrected chi connectivity index (χ0v) is 14.2. The lowest BCUT2D eigenvalue weighted by atomic mass is 9.97. The number of aryl methyl sites for hydroxylation is 2. The van der Waals surface area contributed by atoms with Crippen LogP contribution in [0.3, 0.4) is 0 Å². The normalized spacial score (nSPS) is 16.0. The van der Waals surface area contributed by atoms with E-state index in [9.17, 15) is 9.59 Å². The molecule has 3 aromatic rings. The summed E-state index contributed by atoms with van der Waals surface area (Å²) < 4.78 is 11.1. The monoisotopic (exact) mass is 335 g/mol. The highest BCUT2D eigenvalue weighted by atomic mass is 16.5. The first-order chi connectivity index (χ1) is 12.0. The fraction of sp³-hybridized carbons (Fsp3) is 0.200. The Balaban J connectivity index is 2.00. The first-order valence-corrected chi connectivity index (χ1v) is 8.02. The van der Waals surface area contributed by atoms with Crippen molar-refractivity contribution in [1.82, 2.24) is 5.32 Å². The van der Waals surface area contributed by atoms with Crippen LogP contribution in [0.15, 0.2) is 45.6 Å². The van der Waals surface area contributed by atoms with Gasteiger partial charge < -0.3 is 14.5 Å². The van der Waals surface area contributed by atoms with Crippen LogP contribution in [0.4, 0.5) is 0 Å². The van der Waals surface area contributed by atoms with Gasteiger partial charge in [-0.15, -0.1) is 0 Å². The molecule has 0 bridgehead atoms. The van der Waals surface area contributed by atoms with Crippen LogP contribution in [0.2, 0.25) is 0 Å². The van der Waals surface area contributed by atoms with Gasteiger partial charge in [0.1, 0.15) is 11.3 Å². The van der Waals surface area contributed by atoms with E-state index in [0.717, 1.165) is 16.7 Å². The summed E-state index contributed by atoms with van der Waals surface area (Å²) in [7, 11) is 1.58. The van der Waals surface area contributed by atoms with E-state index in [1.807, 2.05) is 44.2 Å². The number of benzene rings is 2. The summed E-state index contributed by atoms with van der Waals surface area (Å²) in [6.45, 7) is 3.81. The fourth-order valence-corrected chi connectivity index (χ4v) is 3.47. The molecule has 1 aromatic heterocycles. The van der Waals surface area contributed by atoms with Crippen LogP contribution >= 0.6 is 0 Å². The summed E-state index contributed by atoms with van der Waals surface area (Å²) in [5.41, 5.74) is 3.24. The Hall–Kier alpha value is -3.08. The Bertz CT molecular complexity index is 1080. The summed E-state index contributed by atoms with van der Waals surface area (Å²) >= 11 is 0. The van der Waals surface area contributed by atoms with Crippen LogP contribution in [0, 0.1) is 13.8 Å². The van der Waals surface area contributed by atoms with E-state index >= 15 is 0 Å². The fourth-order valence-electron chi connectivity index (χ4n) is 3.47. The Kier molecular flexibility index (Phi) is 3.39. The van der Waals surface area contributed by atoms with Crippen molar-refractivity contribution >= 4 is 16.9 Å². The average molecular weight is 335 g/mol. The van der Waals surface area contributed by atoms with Gasteiger partial charge in [0.15, 0.2) is 5.43 Å². The first-order valence-electron chi connectivity index (χ1n) is 8.02. The van der Waals surface area contributed by atoms with Crippen molar-refractivity contribution in [3.63, 3.8) is 0 Å². The molecule has 5 nitrogen and oxygen atoms in total. The summed E-state index contributed by atoms with van der Waals surface area (Å²) in [5.74, 6) is 0.383. The van der Waals surface area contributed by atoms with E-state index in [-0.39, 0.29) is 17.1 Å². The molecule has 0 radical (unpaired) electrons. The molecule has 1 aliphatic rings. The lowest BCUT2D eigenvalue weighted by Gasteiger charge is -2.13. The van der Waals surface area contributed by atoms with Crippen LogP contribution in [0.25, 0.3) is 11.0 Å². The van der Waals surface area contributed by atoms with Crippen LogP contribution in [0.1, 0.15) is 38.9 Å². The molecule has 2 heterocycles. The highest BCUT2D eigenvalue weighted by molar-refractivity contribution is 5.99. The third-order valence-corrected chi connectivity index (χ3v) is 4.57. The van der Waals surface area contributed by atoms with E-state index in [1.165, 1.54) is 0 Å². The number of fused-ring (bicyclic) bond motifs is 2. The van der Waals surface area contributed by atoms with Gasteiger partial charge in [0, 0.05) is 0 Å². The standard InChI is InChI=1S/C20H17NO4/c1-10-7-11(2)15-14(8-10)25-19-16(18(15)22)17(21-20(19)23)12-5-4-6-13(9-12)24-3/h4-9,17H,1-3H3,(H,21,23). The Labute approximate surface area is 144 Å². The second-order valence-electron chi connectivity index (χ2n) is 6.31. The zero-order chi connectivity index (χ0) is 17.7. The van der Waals surface area contributed by atoms with Crippen molar-refractivity contribution < 1.29 is 13.9 Å². The molecule has 1 N–H and O–H groups in total. The maximum absolute atomic E-state index is 13.2. The van der Waals surface area contributed by atoms with Gasteiger partial charge in [-0.25, -0.2) is 0 Å². The maximum Gasteiger partial charge on any atom is 0.288 e. The number of rotatable bonds is 2. The quantitative estimate of drug-likeness (QED) is 0.780. The zero-order valence-electron chi connectivity index (χ0n) is 14.2. The van der Waals surface area contributed by atoms with Crippen molar-refractivity contribution in [2.75, 3.05) is 7.11 Å². The van der Waals surface area contributed by atoms with Gasteiger partial charge in [0.05, 0.1) is 24.1 Å². The lowest BCUT2D eigenvalue weighted by molar-refractivity contribution is 0.0938. The first kappa shape index (κ1) is 15.4.